The Hall–Kier alpha value is -0.940. The van der Waals surface area contributed by atoms with Gasteiger partial charge in [-0.3, -0.25) is 4.90 Å². The molecule has 2 aromatic rings. The lowest BCUT2D eigenvalue weighted by molar-refractivity contribution is 0.0895. The van der Waals surface area contributed by atoms with Crippen LogP contribution in [0.15, 0.2) is 46.5 Å². The Labute approximate surface area is 147 Å². The molecule has 1 saturated heterocycles. The van der Waals surface area contributed by atoms with Crippen LogP contribution in [0.2, 0.25) is 5.02 Å². The molecular formula is C18H22ClN3S. The molecule has 0 amide bonds. The van der Waals surface area contributed by atoms with Gasteiger partial charge in [0.25, 0.3) is 0 Å². The molecular weight excluding hydrogens is 326 g/mol. The van der Waals surface area contributed by atoms with Gasteiger partial charge in [-0.05, 0) is 42.4 Å². The summed E-state index contributed by atoms with van der Waals surface area (Å²) in [5.74, 6) is 0. The van der Waals surface area contributed by atoms with E-state index in [1.165, 1.54) is 15.5 Å². The fraction of sp³-hybridized carbons (Fsp3) is 0.444. The molecule has 1 atom stereocenters. The van der Waals surface area contributed by atoms with Crippen molar-refractivity contribution in [3.8, 4) is 0 Å². The molecule has 3 nitrogen and oxygen atoms in total. The van der Waals surface area contributed by atoms with Crippen LogP contribution >= 0.6 is 23.4 Å². The molecule has 0 saturated carbocycles. The molecule has 0 radical (unpaired) electrons. The molecule has 2 aliphatic rings. The number of benzene rings is 1. The molecule has 1 fully saturated rings. The SMILES string of the molecule is CCN1CCN([C@H]2Cn3cccc3Sc3ccc(Cl)cc32)CC1. The second-order valence-corrected chi connectivity index (χ2v) is 7.77. The predicted octanol–water partition coefficient (Wildman–Crippen LogP) is 3.98. The summed E-state index contributed by atoms with van der Waals surface area (Å²) in [4.78, 5) is 6.51. The molecule has 0 bridgehead atoms. The van der Waals surface area contributed by atoms with Gasteiger partial charge in [0.05, 0.1) is 11.1 Å². The van der Waals surface area contributed by atoms with E-state index in [-0.39, 0.29) is 0 Å². The molecule has 1 aromatic carbocycles. The summed E-state index contributed by atoms with van der Waals surface area (Å²) in [6, 6.07) is 11.1. The van der Waals surface area contributed by atoms with Crippen molar-refractivity contribution in [2.24, 2.45) is 0 Å². The van der Waals surface area contributed by atoms with Crippen LogP contribution in [0, 0.1) is 0 Å². The fourth-order valence-electron chi connectivity index (χ4n) is 3.62. The van der Waals surface area contributed by atoms with Crippen LogP contribution < -0.4 is 0 Å². The molecule has 0 spiro atoms. The second kappa shape index (κ2) is 6.52. The maximum absolute atomic E-state index is 6.32. The summed E-state index contributed by atoms with van der Waals surface area (Å²) in [6.07, 6.45) is 2.20. The predicted molar refractivity (Wildman–Crippen MR) is 96.4 cm³/mol. The van der Waals surface area contributed by atoms with Gasteiger partial charge in [-0.2, -0.15) is 0 Å². The number of nitrogens with zero attached hydrogens (tertiary/aromatic N) is 3. The number of hydrogen-bond acceptors (Lipinski definition) is 3. The van der Waals surface area contributed by atoms with Crippen molar-refractivity contribution >= 4 is 23.4 Å². The smallest absolute Gasteiger partial charge is 0.0797 e. The maximum atomic E-state index is 6.32. The monoisotopic (exact) mass is 347 g/mol. The Morgan fingerprint density at radius 1 is 1.17 bits per heavy atom. The van der Waals surface area contributed by atoms with Crippen LogP contribution in [0.25, 0.3) is 0 Å². The molecule has 3 heterocycles. The third-order valence-electron chi connectivity index (χ3n) is 5.00. The molecule has 0 N–H and O–H groups in total. The van der Waals surface area contributed by atoms with Crippen molar-refractivity contribution in [2.45, 2.75) is 29.4 Å². The van der Waals surface area contributed by atoms with Crippen LogP contribution in [0.5, 0.6) is 0 Å². The first-order valence-corrected chi connectivity index (χ1v) is 9.53. The summed E-state index contributed by atoms with van der Waals surface area (Å²) < 4.78 is 2.38. The van der Waals surface area contributed by atoms with Crippen LogP contribution in [-0.2, 0) is 6.54 Å². The van der Waals surface area contributed by atoms with Crippen LogP contribution in [0.3, 0.4) is 0 Å². The molecule has 23 heavy (non-hydrogen) atoms. The average Bonchev–Trinajstić information content (AvgIpc) is 2.95. The normalized spacial score (nSPS) is 22.4. The zero-order chi connectivity index (χ0) is 15.8. The van der Waals surface area contributed by atoms with Crippen LogP contribution in [-0.4, -0.2) is 47.1 Å². The minimum atomic E-state index is 0.406. The minimum absolute atomic E-state index is 0.406. The number of aromatic nitrogens is 1. The van der Waals surface area contributed by atoms with E-state index in [0.717, 1.165) is 44.3 Å². The lowest BCUT2D eigenvalue weighted by Gasteiger charge is -2.39. The first-order chi connectivity index (χ1) is 11.2. The number of rotatable bonds is 2. The summed E-state index contributed by atoms with van der Waals surface area (Å²) >= 11 is 8.18. The highest BCUT2D eigenvalue weighted by Gasteiger charge is 2.29. The number of piperazine rings is 1. The number of likely N-dealkylation sites (N-methyl/N-ethyl adjacent to an activating group) is 1. The van der Waals surface area contributed by atoms with Gasteiger partial charge in [-0.25, -0.2) is 0 Å². The largest absolute Gasteiger partial charge is 0.341 e. The molecule has 5 heteroatoms. The highest BCUT2D eigenvalue weighted by molar-refractivity contribution is 7.99. The molecule has 4 rings (SSSR count). The van der Waals surface area contributed by atoms with Gasteiger partial charge in [0.1, 0.15) is 0 Å². The molecule has 1 aromatic heterocycles. The van der Waals surface area contributed by atoms with E-state index in [2.05, 4.69) is 51.8 Å². The summed E-state index contributed by atoms with van der Waals surface area (Å²) in [5, 5.41) is 2.16. The van der Waals surface area contributed by atoms with E-state index in [0.29, 0.717) is 6.04 Å². The van der Waals surface area contributed by atoms with Gasteiger partial charge >= 0.3 is 0 Å². The van der Waals surface area contributed by atoms with Gasteiger partial charge in [-0.1, -0.05) is 30.3 Å². The number of halogens is 1. The standard InChI is InChI=1S/C18H22ClN3S/c1-2-20-8-10-21(11-9-20)16-13-22-7-3-4-18(22)23-17-6-5-14(19)12-15(16)17/h3-7,12,16H,2,8-11,13H2,1H3/t16-/m0/s1. The van der Waals surface area contributed by atoms with Crippen molar-refractivity contribution < 1.29 is 0 Å². The molecule has 0 unspecified atom stereocenters. The van der Waals surface area contributed by atoms with Gasteiger partial charge in [0.2, 0.25) is 0 Å². The van der Waals surface area contributed by atoms with E-state index in [1.54, 1.807) is 0 Å². The minimum Gasteiger partial charge on any atom is -0.341 e. The van der Waals surface area contributed by atoms with Gasteiger partial charge < -0.3 is 9.47 Å². The zero-order valence-electron chi connectivity index (χ0n) is 13.4. The van der Waals surface area contributed by atoms with E-state index in [4.69, 9.17) is 11.6 Å². The fourth-order valence-corrected chi connectivity index (χ4v) is 4.87. The van der Waals surface area contributed by atoms with Crippen molar-refractivity contribution in [3.05, 3.63) is 47.1 Å². The van der Waals surface area contributed by atoms with Gasteiger partial charge in [0, 0.05) is 48.8 Å². The van der Waals surface area contributed by atoms with Gasteiger partial charge in [-0.15, -0.1) is 0 Å². The van der Waals surface area contributed by atoms with E-state index in [1.807, 2.05) is 17.8 Å². The van der Waals surface area contributed by atoms with Crippen LogP contribution in [0.1, 0.15) is 18.5 Å². The summed E-state index contributed by atoms with van der Waals surface area (Å²) in [6.45, 7) is 8.99. The summed E-state index contributed by atoms with van der Waals surface area (Å²) in [5.41, 5.74) is 1.39. The van der Waals surface area contributed by atoms with Crippen LogP contribution in [0.4, 0.5) is 0 Å². The lowest BCUT2D eigenvalue weighted by atomic mass is 10.0. The van der Waals surface area contributed by atoms with Crippen molar-refractivity contribution in [1.82, 2.24) is 14.4 Å². The Kier molecular flexibility index (Phi) is 4.41. The maximum Gasteiger partial charge on any atom is 0.0797 e. The van der Waals surface area contributed by atoms with Crippen molar-refractivity contribution in [1.29, 1.82) is 0 Å². The highest BCUT2D eigenvalue weighted by Crippen LogP contribution is 2.41. The average molecular weight is 348 g/mol. The summed E-state index contributed by atoms with van der Waals surface area (Å²) in [7, 11) is 0. The van der Waals surface area contributed by atoms with E-state index >= 15 is 0 Å². The zero-order valence-corrected chi connectivity index (χ0v) is 15.0. The molecule has 0 aliphatic carbocycles. The molecule has 122 valence electrons. The first kappa shape index (κ1) is 15.6. The third-order valence-corrected chi connectivity index (χ3v) is 6.40. The second-order valence-electron chi connectivity index (χ2n) is 6.27. The highest BCUT2D eigenvalue weighted by atomic mass is 35.5. The van der Waals surface area contributed by atoms with Crippen molar-refractivity contribution in [2.75, 3.05) is 32.7 Å². The Bertz CT molecular complexity index is 691. The molecule has 2 aliphatic heterocycles. The third kappa shape index (κ3) is 3.05. The van der Waals surface area contributed by atoms with E-state index in [9.17, 15) is 0 Å². The Morgan fingerprint density at radius 2 is 2.00 bits per heavy atom. The van der Waals surface area contributed by atoms with Crippen molar-refractivity contribution in [3.63, 3.8) is 0 Å². The van der Waals surface area contributed by atoms with E-state index < -0.39 is 0 Å². The topological polar surface area (TPSA) is 11.4 Å². The first-order valence-electron chi connectivity index (χ1n) is 8.33. The van der Waals surface area contributed by atoms with Gasteiger partial charge in [0.15, 0.2) is 0 Å². The Balaban J connectivity index is 1.69. The lowest BCUT2D eigenvalue weighted by Crippen LogP contribution is -2.48. The quantitative estimate of drug-likeness (QED) is 0.814. The number of fused-ring (bicyclic) bond motifs is 2. The Morgan fingerprint density at radius 3 is 2.78 bits per heavy atom. The number of hydrogen-bond donors (Lipinski definition) is 0.